The van der Waals surface area contributed by atoms with Crippen molar-refractivity contribution in [2.45, 2.75) is 0 Å². The highest BCUT2D eigenvalue weighted by Crippen LogP contribution is 2.29. The number of rotatable bonds is 3. The molecule has 3 N–H and O–H groups in total. The van der Waals surface area contributed by atoms with Crippen molar-refractivity contribution in [3.63, 3.8) is 0 Å². The van der Waals surface area contributed by atoms with Crippen LogP contribution in [0.5, 0.6) is 11.5 Å². The van der Waals surface area contributed by atoms with Crippen LogP contribution in [0.3, 0.4) is 0 Å². The molecule has 0 saturated carbocycles. The van der Waals surface area contributed by atoms with Gasteiger partial charge in [-0.2, -0.15) is 0 Å². The first kappa shape index (κ1) is 13.2. The Morgan fingerprint density at radius 3 is 2.53 bits per heavy atom. The zero-order valence-corrected chi connectivity index (χ0v) is 11.1. The monoisotopic (exact) mass is 276 g/mol. The number of nitrogens with one attached hydrogen (secondary N) is 1. The maximum absolute atomic E-state index is 11.5. The maximum atomic E-state index is 11.5. The second kappa shape index (κ2) is 5.63. The third-order valence-electron chi connectivity index (χ3n) is 2.54. The van der Waals surface area contributed by atoms with Gasteiger partial charge < -0.3 is 15.8 Å². The van der Waals surface area contributed by atoms with Crippen LogP contribution in [0.4, 0.5) is 5.69 Å². The van der Waals surface area contributed by atoms with Gasteiger partial charge in [-0.05, 0) is 42.5 Å². The van der Waals surface area contributed by atoms with Gasteiger partial charge in [-0.25, -0.2) is 0 Å². The average molecular weight is 277 g/mol. The molecule has 0 aliphatic heterocycles. The van der Waals surface area contributed by atoms with Crippen LogP contribution >= 0.6 is 11.6 Å². The van der Waals surface area contributed by atoms with Crippen LogP contribution in [-0.4, -0.2) is 13.0 Å². The molecule has 0 unspecified atom stereocenters. The third-order valence-corrected chi connectivity index (χ3v) is 2.80. The van der Waals surface area contributed by atoms with Crippen molar-refractivity contribution in [1.82, 2.24) is 5.32 Å². The first-order chi connectivity index (χ1) is 9.10. The van der Waals surface area contributed by atoms with Gasteiger partial charge in [0, 0.05) is 17.6 Å². The van der Waals surface area contributed by atoms with Gasteiger partial charge in [0.2, 0.25) is 0 Å². The molecule has 98 valence electrons. The number of hydrogen-bond donors (Lipinski definition) is 2. The number of amides is 1. The topological polar surface area (TPSA) is 64.4 Å². The second-order valence-electron chi connectivity index (χ2n) is 3.89. The van der Waals surface area contributed by atoms with Crippen LogP contribution in [0, 0.1) is 0 Å². The van der Waals surface area contributed by atoms with E-state index in [2.05, 4.69) is 5.32 Å². The number of nitrogens with two attached hydrogens (primary N) is 1. The highest BCUT2D eigenvalue weighted by Gasteiger charge is 2.08. The Kier molecular flexibility index (Phi) is 3.92. The highest BCUT2D eigenvalue weighted by atomic mass is 35.5. The number of halogens is 1. The summed E-state index contributed by atoms with van der Waals surface area (Å²) in [5, 5.41) is 3.17. The molecule has 0 aliphatic carbocycles. The molecule has 5 heteroatoms. The maximum Gasteiger partial charge on any atom is 0.251 e. The summed E-state index contributed by atoms with van der Waals surface area (Å²) in [5.41, 5.74) is 6.77. The molecule has 0 spiro atoms. The molecular formula is C14H13ClN2O2. The Balaban J connectivity index is 2.28. The van der Waals surface area contributed by atoms with Crippen LogP contribution in [0.1, 0.15) is 10.4 Å². The SMILES string of the molecule is CNC(=O)c1ccc(N)c(Oc2ccc(Cl)cc2)c1. The van der Waals surface area contributed by atoms with Crippen LogP contribution in [0.15, 0.2) is 42.5 Å². The van der Waals surface area contributed by atoms with Gasteiger partial charge in [0.15, 0.2) is 5.75 Å². The van der Waals surface area contributed by atoms with Crippen LogP contribution in [0.2, 0.25) is 5.02 Å². The fourth-order valence-corrected chi connectivity index (χ4v) is 1.66. The van der Waals surface area contributed by atoms with E-state index in [1.54, 1.807) is 49.5 Å². The van der Waals surface area contributed by atoms with Crippen molar-refractivity contribution in [1.29, 1.82) is 0 Å². The lowest BCUT2D eigenvalue weighted by Crippen LogP contribution is -2.17. The number of nitrogen functional groups attached to an aromatic ring is 1. The van der Waals surface area contributed by atoms with E-state index in [9.17, 15) is 4.79 Å². The van der Waals surface area contributed by atoms with Gasteiger partial charge in [0.25, 0.3) is 5.91 Å². The van der Waals surface area contributed by atoms with Crippen molar-refractivity contribution < 1.29 is 9.53 Å². The van der Waals surface area contributed by atoms with E-state index in [-0.39, 0.29) is 5.91 Å². The normalized spacial score (nSPS) is 10.0. The minimum Gasteiger partial charge on any atom is -0.455 e. The van der Waals surface area contributed by atoms with Crippen molar-refractivity contribution in [2.24, 2.45) is 0 Å². The minimum atomic E-state index is -0.194. The number of ether oxygens (including phenoxy) is 1. The smallest absolute Gasteiger partial charge is 0.251 e. The fraction of sp³-hybridized carbons (Fsp3) is 0.0714. The predicted octanol–water partition coefficient (Wildman–Crippen LogP) is 3.07. The second-order valence-corrected chi connectivity index (χ2v) is 4.32. The van der Waals surface area contributed by atoms with E-state index in [1.165, 1.54) is 0 Å². The zero-order valence-electron chi connectivity index (χ0n) is 10.3. The lowest BCUT2D eigenvalue weighted by atomic mass is 10.2. The summed E-state index contributed by atoms with van der Waals surface area (Å²) in [5.74, 6) is 0.842. The van der Waals surface area contributed by atoms with E-state index in [0.717, 1.165) is 0 Å². The molecule has 0 radical (unpaired) electrons. The summed E-state index contributed by atoms with van der Waals surface area (Å²) in [6, 6.07) is 11.8. The van der Waals surface area contributed by atoms with Gasteiger partial charge in [0.1, 0.15) is 5.75 Å². The lowest BCUT2D eigenvalue weighted by molar-refractivity contribution is 0.0963. The summed E-state index contributed by atoms with van der Waals surface area (Å²) < 4.78 is 5.64. The molecule has 0 aromatic heterocycles. The summed E-state index contributed by atoms with van der Waals surface area (Å²) in [7, 11) is 1.57. The van der Waals surface area contributed by atoms with E-state index < -0.39 is 0 Å². The molecule has 1 amide bonds. The molecule has 2 aromatic carbocycles. The number of carbonyl (C=O) groups is 1. The number of anilines is 1. The zero-order chi connectivity index (χ0) is 13.8. The van der Waals surface area contributed by atoms with Gasteiger partial charge in [-0.1, -0.05) is 11.6 Å². The van der Waals surface area contributed by atoms with Crippen LogP contribution < -0.4 is 15.8 Å². The number of benzene rings is 2. The van der Waals surface area contributed by atoms with Crippen molar-refractivity contribution >= 4 is 23.2 Å². The van der Waals surface area contributed by atoms with Gasteiger partial charge in [-0.3, -0.25) is 4.79 Å². The first-order valence-electron chi connectivity index (χ1n) is 5.65. The molecule has 2 rings (SSSR count). The third kappa shape index (κ3) is 3.17. The summed E-state index contributed by atoms with van der Waals surface area (Å²) in [6.07, 6.45) is 0. The minimum absolute atomic E-state index is 0.194. The summed E-state index contributed by atoms with van der Waals surface area (Å²) in [6.45, 7) is 0. The van der Waals surface area contributed by atoms with Gasteiger partial charge >= 0.3 is 0 Å². The Hall–Kier alpha value is -2.20. The van der Waals surface area contributed by atoms with E-state index in [4.69, 9.17) is 22.1 Å². The van der Waals surface area contributed by atoms with Crippen molar-refractivity contribution in [3.05, 3.63) is 53.1 Å². The summed E-state index contributed by atoms with van der Waals surface area (Å²) in [4.78, 5) is 11.5. The highest BCUT2D eigenvalue weighted by molar-refractivity contribution is 6.30. The predicted molar refractivity (Wildman–Crippen MR) is 75.8 cm³/mol. The Morgan fingerprint density at radius 2 is 1.89 bits per heavy atom. The first-order valence-corrected chi connectivity index (χ1v) is 6.03. The molecule has 19 heavy (non-hydrogen) atoms. The molecule has 4 nitrogen and oxygen atoms in total. The van der Waals surface area contributed by atoms with E-state index in [0.29, 0.717) is 27.8 Å². The number of carbonyl (C=O) groups excluding carboxylic acids is 1. The molecule has 0 aliphatic rings. The quantitative estimate of drug-likeness (QED) is 0.847. The standard InChI is InChI=1S/C14H13ClN2O2/c1-17-14(18)9-2-7-12(16)13(8-9)19-11-5-3-10(15)4-6-11/h2-8H,16H2,1H3,(H,17,18). The molecule has 2 aromatic rings. The molecule has 0 fully saturated rings. The van der Waals surface area contributed by atoms with Gasteiger partial charge in [0.05, 0.1) is 5.69 Å². The van der Waals surface area contributed by atoms with Crippen LogP contribution in [-0.2, 0) is 0 Å². The van der Waals surface area contributed by atoms with E-state index >= 15 is 0 Å². The molecule has 0 heterocycles. The molecule has 0 bridgehead atoms. The fourth-order valence-electron chi connectivity index (χ4n) is 1.54. The van der Waals surface area contributed by atoms with Gasteiger partial charge in [-0.15, -0.1) is 0 Å². The molecule has 0 atom stereocenters. The molecular weight excluding hydrogens is 264 g/mol. The Bertz CT molecular complexity index is 597. The van der Waals surface area contributed by atoms with Crippen molar-refractivity contribution in [2.75, 3.05) is 12.8 Å². The van der Waals surface area contributed by atoms with Crippen LogP contribution in [0.25, 0.3) is 0 Å². The Morgan fingerprint density at radius 1 is 1.21 bits per heavy atom. The lowest BCUT2D eigenvalue weighted by Gasteiger charge is -2.10. The summed E-state index contributed by atoms with van der Waals surface area (Å²) >= 11 is 5.80. The average Bonchev–Trinajstić information content (AvgIpc) is 2.43. The largest absolute Gasteiger partial charge is 0.455 e. The molecule has 0 saturated heterocycles. The number of hydrogen-bond acceptors (Lipinski definition) is 3. The van der Waals surface area contributed by atoms with E-state index in [1.807, 2.05) is 0 Å². The van der Waals surface area contributed by atoms with Crippen molar-refractivity contribution in [3.8, 4) is 11.5 Å². The Labute approximate surface area is 116 Å².